The lowest BCUT2D eigenvalue weighted by molar-refractivity contribution is -0.122. The Kier molecular flexibility index (Phi) is 8.15. The lowest BCUT2D eigenvalue weighted by Gasteiger charge is -2.26. The lowest BCUT2D eigenvalue weighted by Crippen LogP contribution is -2.36. The van der Waals surface area contributed by atoms with Gasteiger partial charge in [-0.25, -0.2) is 21.6 Å². The molecule has 0 saturated carbocycles. The first-order valence-corrected chi connectivity index (χ1v) is 12.1. The summed E-state index contributed by atoms with van der Waals surface area (Å²) in [5.41, 5.74) is 0.435. The third-order valence-electron chi connectivity index (χ3n) is 5.33. The van der Waals surface area contributed by atoms with E-state index in [1.54, 1.807) is 19.1 Å². The number of hydrogen-bond donors (Lipinski definition) is 3. The van der Waals surface area contributed by atoms with E-state index in [4.69, 9.17) is 0 Å². The number of piperidine rings is 1. The molecular weight excluding hydrogens is 473 g/mol. The summed E-state index contributed by atoms with van der Waals surface area (Å²) >= 11 is 0. The zero-order chi connectivity index (χ0) is 24.9. The van der Waals surface area contributed by atoms with Crippen molar-refractivity contribution in [3.05, 3.63) is 53.3 Å². The van der Waals surface area contributed by atoms with E-state index in [-0.39, 0.29) is 11.4 Å². The third kappa shape index (κ3) is 6.06. The first-order chi connectivity index (χ1) is 16.1. The Balaban J connectivity index is 1.54. The Morgan fingerprint density at radius 2 is 1.65 bits per heavy atom. The molecule has 0 unspecified atom stereocenters. The van der Waals surface area contributed by atoms with Crippen LogP contribution in [0.2, 0.25) is 0 Å². The second kappa shape index (κ2) is 10.9. The van der Waals surface area contributed by atoms with E-state index >= 15 is 0 Å². The summed E-state index contributed by atoms with van der Waals surface area (Å²) in [5, 5.41) is 7.14. The molecule has 0 atom stereocenters. The summed E-state index contributed by atoms with van der Waals surface area (Å²) < 4.78 is 67.3. The lowest BCUT2D eigenvalue weighted by atomic mass is 10.2. The smallest absolute Gasteiger partial charge is 0.243 e. The fourth-order valence-corrected chi connectivity index (χ4v) is 5.24. The van der Waals surface area contributed by atoms with Crippen molar-refractivity contribution in [1.29, 1.82) is 0 Å². The highest BCUT2D eigenvalue weighted by Crippen LogP contribution is 2.26. The van der Waals surface area contributed by atoms with Crippen LogP contribution in [0.5, 0.6) is 0 Å². The van der Waals surface area contributed by atoms with Gasteiger partial charge in [0.1, 0.15) is 0 Å². The van der Waals surface area contributed by atoms with Crippen LogP contribution in [0.25, 0.3) is 0 Å². The SMILES string of the molecule is Cc1ccc(NCC(=O)NCC(=O)Nc2ccc(F)c(F)c2F)cc1S(=O)(=O)N1CCCCC1. The van der Waals surface area contributed by atoms with Crippen LogP contribution in [0.4, 0.5) is 24.5 Å². The molecular formula is C22H25F3N4O4S. The van der Waals surface area contributed by atoms with E-state index in [2.05, 4.69) is 10.6 Å². The molecule has 0 aliphatic carbocycles. The number of rotatable bonds is 8. The molecule has 2 aromatic rings. The van der Waals surface area contributed by atoms with E-state index in [9.17, 15) is 31.2 Å². The number of hydrogen-bond acceptors (Lipinski definition) is 5. The zero-order valence-electron chi connectivity index (χ0n) is 18.5. The monoisotopic (exact) mass is 498 g/mol. The molecule has 3 rings (SSSR count). The first-order valence-electron chi connectivity index (χ1n) is 10.6. The highest BCUT2D eigenvalue weighted by Gasteiger charge is 2.27. The molecule has 2 amide bonds. The molecule has 2 aromatic carbocycles. The quantitative estimate of drug-likeness (QED) is 0.485. The highest BCUT2D eigenvalue weighted by molar-refractivity contribution is 7.89. The normalized spacial score (nSPS) is 14.5. The minimum Gasteiger partial charge on any atom is -0.376 e. The minimum absolute atomic E-state index is 0.160. The third-order valence-corrected chi connectivity index (χ3v) is 7.37. The number of sulfonamides is 1. The molecule has 1 heterocycles. The van der Waals surface area contributed by atoms with Crippen molar-refractivity contribution in [2.24, 2.45) is 0 Å². The highest BCUT2D eigenvalue weighted by atomic mass is 32.2. The second-order valence-corrected chi connectivity index (χ2v) is 9.75. The Bertz CT molecular complexity index is 1180. The Morgan fingerprint density at radius 1 is 0.941 bits per heavy atom. The summed E-state index contributed by atoms with van der Waals surface area (Å²) in [7, 11) is -3.66. The van der Waals surface area contributed by atoms with Gasteiger partial charge in [0.05, 0.1) is 23.7 Å². The first kappa shape index (κ1) is 25.5. The second-order valence-electron chi connectivity index (χ2n) is 7.85. The van der Waals surface area contributed by atoms with Crippen molar-refractivity contribution in [3.8, 4) is 0 Å². The van der Waals surface area contributed by atoms with Crippen molar-refractivity contribution in [3.63, 3.8) is 0 Å². The van der Waals surface area contributed by atoms with Gasteiger partial charge in [-0.2, -0.15) is 4.31 Å². The molecule has 1 fully saturated rings. The molecule has 34 heavy (non-hydrogen) atoms. The van der Waals surface area contributed by atoms with Crippen molar-refractivity contribution >= 4 is 33.2 Å². The zero-order valence-corrected chi connectivity index (χ0v) is 19.3. The standard InChI is InChI=1S/C22H25F3N4O4S/c1-14-5-6-15(11-18(14)34(32,33)29-9-3-2-4-10-29)26-12-19(30)27-13-20(31)28-17-8-7-16(23)21(24)22(17)25/h5-8,11,26H,2-4,9-10,12-13H2,1H3,(H,27,30)(H,28,31). The van der Waals surface area contributed by atoms with Gasteiger partial charge in [-0.05, 0) is 49.6 Å². The van der Waals surface area contributed by atoms with E-state index < -0.39 is 51.5 Å². The number of anilines is 2. The molecule has 1 aliphatic heterocycles. The molecule has 1 saturated heterocycles. The molecule has 3 N–H and O–H groups in total. The number of aryl methyl sites for hydroxylation is 1. The van der Waals surface area contributed by atoms with Crippen LogP contribution < -0.4 is 16.0 Å². The minimum atomic E-state index is -3.66. The number of nitrogens with zero attached hydrogens (tertiary/aromatic N) is 1. The van der Waals surface area contributed by atoms with Gasteiger partial charge in [-0.15, -0.1) is 0 Å². The number of carbonyl (C=O) groups excluding carboxylic acids is 2. The Hall–Kier alpha value is -3.12. The van der Waals surface area contributed by atoms with E-state index in [0.29, 0.717) is 30.4 Å². The largest absolute Gasteiger partial charge is 0.376 e. The Labute approximate surface area is 195 Å². The van der Waals surface area contributed by atoms with E-state index in [1.807, 2.05) is 5.32 Å². The van der Waals surface area contributed by atoms with E-state index in [1.165, 1.54) is 10.4 Å². The fraction of sp³-hybridized carbons (Fsp3) is 0.364. The van der Waals surface area contributed by atoms with Gasteiger partial charge in [-0.1, -0.05) is 12.5 Å². The molecule has 0 aromatic heterocycles. The van der Waals surface area contributed by atoms with Crippen molar-refractivity contribution in [2.75, 3.05) is 36.8 Å². The van der Waals surface area contributed by atoms with E-state index in [0.717, 1.165) is 25.3 Å². The van der Waals surface area contributed by atoms with Crippen LogP contribution in [0, 0.1) is 24.4 Å². The number of carbonyl (C=O) groups is 2. The van der Waals surface area contributed by atoms with Gasteiger partial charge in [0, 0.05) is 18.8 Å². The van der Waals surface area contributed by atoms with Crippen LogP contribution in [0.3, 0.4) is 0 Å². The van der Waals surface area contributed by atoms with Crippen molar-refractivity contribution in [2.45, 2.75) is 31.1 Å². The summed E-state index contributed by atoms with van der Waals surface area (Å²) in [5.74, 6) is -6.09. The molecule has 12 heteroatoms. The van der Waals surface area contributed by atoms with Gasteiger partial charge in [0.2, 0.25) is 21.8 Å². The number of halogens is 3. The Morgan fingerprint density at radius 3 is 2.35 bits per heavy atom. The fourth-order valence-electron chi connectivity index (χ4n) is 3.47. The van der Waals surface area contributed by atoms with Gasteiger partial charge in [-0.3, -0.25) is 9.59 Å². The number of amides is 2. The molecule has 8 nitrogen and oxygen atoms in total. The average molecular weight is 499 g/mol. The van der Waals surface area contributed by atoms with Gasteiger partial charge in [0.15, 0.2) is 17.5 Å². The molecule has 1 aliphatic rings. The summed E-state index contributed by atoms with van der Waals surface area (Å²) in [6.45, 7) is 1.83. The summed E-state index contributed by atoms with van der Waals surface area (Å²) in [6, 6.07) is 6.27. The van der Waals surface area contributed by atoms with Crippen LogP contribution in [-0.2, 0) is 19.6 Å². The molecule has 0 bridgehead atoms. The predicted molar refractivity (Wildman–Crippen MR) is 120 cm³/mol. The van der Waals surface area contributed by atoms with Gasteiger partial charge < -0.3 is 16.0 Å². The molecule has 184 valence electrons. The summed E-state index contributed by atoms with van der Waals surface area (Å²) in [4.78, 5) is 24.1. The number of nitrogens with one attached hydrogen (secondary N) is 3. The maximum Gasteiger partial charge on any atom is 0.243 e. The van der Waals surface area contributed by atoms with Gasteiger partial charge in [0.25, 0.3) is 0 Å². The number of benzene rings is 2. The average Bonchev–Trinajstić information content (AvgIpc) is 2.83. The van der Waals surface area contributed by atoms with Crippen molar-refractivity contribution in [1.82, 2.24) is 9.62 Å². The maximum atomic E-state index is 13.6. The summed E-state index contributed by atoms with van der Waals surface area (Å²) in [6.07, 6.45) is 2.62. The van der Waals surface area contributed by atoms with Crippen molar-refractivity contribution < 1.29 is 31.2 Å². The molecule has 0 radical (unpaired) electrons. The predicted octanol–water partition coefficient (Wildman–Crippen LogP) is 2.75. The van der Waals surface area contributed by atoms with Crippen LogP contribution in [0.1, 0.15) is 24.8 Å². The van der Waals surface area contributed by atoms with Crippen LogP contribution in [-0.4, -0.2) is 50.7 Å². The maximum absolute atomic E-state index is 13.6. The molecule has 0 spiro atoms. The van der Waals surface area contributed by atoms with Crippen LogP contribution >= 0.6 is 0 Å². The van der Waals surface area contributed by atoms with Gasteiger partial charge >= 0.3 is 0 Å². The topological polar surface area (TPSA) is 108 Å². The van der Waals surface area contributed by atoms with Crippen LogP contribution in [0.15, 0.2) is 35.2 Å².